The zero-order valence-electron chi connectivity index (χ0n) is 11.4. The van der Waals surface area contributed by atoms with Gasteiger partial charge < -0.3 is 10.6 Å². The van der Waals surface area contributed by atoms with Gasteiger partial charge in [-0.2, -0.15) is 0 Å². The van der Waals surface area contributed by atoms with Crippen LogP contribution in [0, 0.1) is 6.92 Å². The van der Waals surface area contributed by atoms with Gasteiger partial charge in [0, 0.05) is 17.2 Å². The Morgan fingerprint density at radius 3 is 2.75 bits per heavy atom. The SMILES string of the molecule is CCNc1ccc(C(=O)Nc2cc(C)ccc2Br)cn1. The van der Waals surface area contributed by atoms with Crippen LogP contribution in [0.2, 0.25) is 0 Å². The third kappa shape index (κ3) is 3.57. The van der Waals surface area contributed by atoms with Crippen molar-refractivity contribution in [2.45, 2.75) is 13.8 Å². The zero-order chi connectivity index (χ0) is 14.5. The Balaban J connectivity index is 2.13. The molecule has 1 aromatic carbocycles. The maximum absolute atomic E-state index is 12.2. The summed E-state index contributed by atoms with van der Waals surface area (Å²) in [4.78, 5) is 16.3. The van der Waals surface area contributed by atoms with Crippen LogP contribution < -0.4 is 10.6 Å². The lowest BCUT2D eigenvalue weighted by Crippen LogP contribution is -2.13. The van der Waals surface area contributed by atoms with Gasteiger partial charge in [-0.05, 0) is 59.6 Å². The van der Waals surface area contributed by atoms with Gasteiger partial charge >= 0.3 is 0 Å². The first-order valence-corrected chi connectivity index (χ1v) is 7.17. The predicted molar refractivity (Wildman–Crippen MR) is 85.2 cm³/mol. The molecule has 0 radical (unpaired) electrons. The quantitative estimate of drug-likeness (QED) is 0.893. The molecule has 2 aromatic rings. The van der Waals surface area contributed by atoms with Gasteiger partial charge in [0.25, 0.3) is 5.91 Å². The Morgan fingerprint density at radius 2 is 2.10 bits per heavy atom. The van der Waals surface area contributed by atoms with Crippen LogP contribution in [0.25, 0.3) is 0 Å². The van der Waals surface area contributed by atoms with Gasteiger partial charge in [-0.1, -0.05) is 6.07 Å². The molecule has 0 spiro atoms. The molecule has 4 nitrogen and oxygen atoms in total. The Hall–Kier alpha value is -1.88. The molecule has 0 saturated carbocycles. The van der Waals surface area contributed by atoms with Crippen molar-refractivity contribution in [1.29, 1.82) is 0 Å². The molecule has 2 rings (SSSR count). The van der Waals surface area contributed by atoms with E-state index < -0.39 is 0 Å². The van der Waals surface area contributed by atoms with Crippen molar-refractivity contribution < 1.29 is 4.79 Å². The standard InChI is InChI=1S/C15H16BrN3O/c1-3-17-14-7-5-11(9-18-14)15(20)19-13-8-10(2)4-6-12(13)16/h4-9H,3H2,1-2H3,(H,17,18)(H,19,20). The van der Waals surface area contributed by atoms with E-state index in [0.717, 1.165) is 28.1 Å². The molecule has 0 atom stereocenters. The number of hydrogen-bond donors (Lipinski definition) is 2. The number of carbonyl (C=O) groups excluding carboxylic acids is 1. The lowest BCUT2D eigenvalue weighted by atomic mass is 10.2. The molecule has 0 fully saturated rings. The highest BCUT2D eigenvalue weighted by Gasteiger charge is 2.09. The Bertz CT molecular complexity index is 611. The molecule has 0 saturated heterocycles. The molecule has 0 aliphatic carbocycles. The molecular formula is C15H16BrN3O. The van der Waals surface area contributed by atoms with Crippen LogP contribution in [0.1, 0.15) is 22.8 Å². The number of amides is 1. The van der Waals surface area contributed by atoms with Gasteiger partial charge in [0.2, 0.25) is 0 Å². The van der Waals surface area contributed by atoms with E-state index in [2.05, 4.69) is 31.5 Å². The molecule has 1 heterocycles. The summed E-state index contributed by atoms with van der Waals surface area (Å²) in [6.07, 6.45) is 1.57. The summed E-state index contributed by atoms with van der Waals surface area (Å²) in [6.45, 7) is 4.78. The molecule has 1 aromatic heterocycles. The second-order valence-electron chi connectivity index (χ2n) is 4.40. The summed E-state index contributed by atoms with van der Waals surface area (Å²) in [7, 11) is 0. The summed E-state index contributed by atoms with van der Waals surface area (Å²) in [5, 5.41) is 5.96. The monoisotopic (exact) mass is 333 g/mol. The normalized spacial score (nSPS) is 10.2. The van der Waals surface area contributed by atoms with E-state index >= 15 is 0 Å². The van der Waals surface area contributed by atoms with Crippen molar-refractivity contribution in [3.05, 3.63) is 52.1 Å². The van der Waals surface area contributed by atoms with E-state index in [0.29, 0.717) is 5.56 Å². The molecule has 5 heteroatoms. The minimum Gasteiger partial charge on any atom is -0.370 e. The second-order valence-corrected chi connectivity index (χ2v) is 5.25. The maximum Gasteiger partial charge on any atom is 0.257 e. The zero-order valence-corrected chi connectivity index (χ0v) is 13.0. The number of anilines is 2. The average molecular weight is 334 g/mol. The number of nitrogens with one attached hydrogen (secondary N) is 2. The fourth-order valence-electron chi connectivity index (χ4n) is 1.74. The molecule has 1 amide bonds. The Labute approximate surface area is 126 Å². The van der Waals surface area contributed by atoms with Crippen molar-refractivity contribution in [2.24, 2.45) is 0 Å². The molecule has 0 aliphatic heterocycles. The number of nitrogens with zero attached hydrogens (tertiary/aromatic N) is 1. The topological polar surface area (TPSA) is 54.0 Å². The molecule has 0 aliphatic rings. The van der Waals surface area contributed by atoms with E-state index in [1.807, 2.05) is 32.0 Å². The number of pyridine rings is 1. The molecule has 104 valence electrons. The van der Waals surface area contributed by atoms with Crippen molar-refractivity contribution in [2.75, 3.05) is 17.2 Å². The number of benzene rings is 1. The van der Waals surface area contributed by atoms with Crippen LogP contribution in [-0.2, 0) is 0 Å². The Morgan fingerprint density at radius 1 is 1.30 bits per heavy atom. The van der Waals surface area contributed by atoms with E-state index in [1.165, 1.54) is 0 Å². The van der Waals surface area contributed by atoms with Crippen LogP contribution in [0.5, 0.6) is 0 Å². The fraction of sp³-hybridized carbons (Fsp3) is 0.200. The molecule has 2 N–H and O–H groups in total. The summed E-state index contributed by atoms with van der Waals surface area (Å²) in [5.74, 6) is 0.590. The largest absolute Gasteiger partial charge is 0.370 e. The van der Waals surface area contributed by atoms with Gasteiger partial charge in [-0.15, -0.1) is 0 Å². The summed E-state index contributed by atoms with van der Waals surface area (Å²) >= 11 is 3.42. The number of aryl methyl sites for hydroxylation is 1. The number of aromatic nitrogens is 1. The smallest absolute Gasteiger partial charge is 0.257 e. The van der Waals surface area contributed by atoms with Crippen molar-refractivity contribution in [3.63, 3.8) is 0 Å². The van der Waals surface area contributed by atoms with Crippen LogP contribution >= 0.6 is 15.9 Å². The average Bonchev–Trinajstić information content (AvgIpc) is 2.44. The van der Waals surface area contributed by atoms with E-state index in [9.17, 15) is 4.79 Å². The van der Waals surface area contributed by atoms with Crippen LogP contribution in [0.3, 0.4) is 0 Å². The van der Waals surface area contributed by atoms with Crippen LogP contribution in [0.4, 0.5) is 11.5 Å². The van der Waals surface area contributed by atoms with E-state index in [-0.39, 0.29) is 5.91 Å². The highest BCUT2D eigenvalue weighted by molar-refractivity contribution is 9.10. The minimum atomic E-state index is -0.174. The number of hydrogen-bond acceptors (Lipinski definition) is 3. The lowest BCUT2D eigenvalue weighted by Gasteiger charge is -2.09. The molecular weight excluding hydrogens is 318 g/mol. The van der Waals surface area contributed by atoms with Gasteiger partial charge in [0.05, 0.1) is 11.3 Å². The van der Waals surface area contributed by atoms with Gasteiger partial charge in [0.1, 0.15) is 5.82 Å². The van der Waals surface area contributed by atoms with Crippen molar-refractivity contribution in [3.8, 4) is 0 Å². The number of rotatable bonds is 4. The van der Waals surface area contributed by atoms with Crippen molar-refractivity contribution in [1.82, 2.24) is 4.98 Å². The van der Waals surface area contributed by atoms with Crippen LogP contribution in [-0.4, -0.2) is 17.4 Å². The third-order valence-corrected chi connectivity index (χ3v) is 3.45. The molecule has 0 bridgehead atoms. The highest BCUT2D eigenvalue weighted by atomic mass is 79.9. The summed E-state index contributed by atoms with van der Waals surface area (Å²) < 4.78 is 0.855. The van der Waals surface area contributed by atoms with Gasteiger partial charge in [-0.3, -0.25) is 4.79 Å². The molecule has 0 unspecified atom stereocenters. The Kier molecular flexibility index (Phi) is 4.74. The van der Waals surface area contributed by atoms with Crippen molar-refractivity contribution >= 4 is 33.3 Å². The van der Waals surface area contributed by atoms with E-state index in [4.69, 9.17) is 0 Å². The number of halogens is 1. The fourth-order valence-corrected chi connectivity index (χ4v) is 2.09. The minimum absolute atomic E-state index is 0.174. The molecule has 20 heavy (non-hydrogen) atoms. The van der Waals surface area contributed by atoms with Gasteiger partial charge in [-0.25, -0.2) is 4.98 Å². The second kappa shape index (κ2) is 6.52. The van der Waals surface area contributed by atoms with E-state index in [1.54, 1.807) is 18.3 Å². The van der Waals surface area contributed by atoms with Gasteiger partial charge in [0.15, 0.2) is 0 Å². The maximum atomic E-state index is 12.2. The highest BCUT2D eigenvalue weighted by Crippen LogP contribution is 2.23. The third-order valence-electron chi connectivity index (χ3n) is 2.75. The number of carbonyl (C=O) groups is 1. The lowest BCUT2D eigenvalue weighted by molar-refractivity contribution is 0.102. The van der Waals surface area contributed by atoms with Crippen LogP contribution in [0.15, 0.2) is 41.0 Å². The first-order valence-electron chi connectivity index (χ1n) is 6.37. The predicted octanol–water partition coefficient (Wildman–Crippen LogP) is 3.84. The first kappa shape index (κ1) is 14.5. The summed E-state index contributed by atoms with van der Waals surface area (Å²) in [6, 6.07) is 9.36. The first-order chi connectivity index (χ1) is 9.60. The summed E-state index contributed by atoms with van der Waals surface area (Å²) in [5.41, 5.74) is 2.37.